The molecule has 2 aromatic rings. The molecule has 1 aliphatic heterocycles. The summed E-state index contributed by atoms with van der Waals surface area (Å²) in [5.74, 6) is 0.0575. The van der Waals surface area contributed by atoms with Crippen LogP contribution in [0.15, 0.2) is 48.9 Å². The van der Waals surface area contributed by atoms with Crippen LogP contribution in [-0.4, -0.2) is 39.9 Å². The SMILES string of the molecule is O=C(CCN1CCCC[C@@H]1CCc1ccccn1)Nc1cccnc1. The number of hydrogen-bond acceptors (Lipinski definition) is 4. The third-order valence-electron chi connectivity index (χ3n) is 4.78. The van der Waals surface area contributed by atoms with Gasteiger partial charge in [0.15, 0.2) is 0 Å². The Morgan fingerprint density at radius 1 is 1.20 bits per heavy atom. The van der Waals surface area contributed by atoms with Gasteiger partial charge < -0.3 is 5.32 Å². The molecule has 0 aromatic carbocycles. The quantitative estimate of drug-likeness (QED) is 0.841. The average Bonchev–Trinajstić information content (AvgIpc) is 2.67. The van der Waals surface area contributed by atoms with Gasteiger partial charge in [-0.2, -0.15) is 0 Å². The Bertz CT molecular complexity index is 647. The predicted octanol–water partition coefficient (Wildman–Crippen LogP) is 3.29. The van der Waals surface area contributed by atoms with Gasteiger partial charge in [0.1, 0.15) is 0 Å². The zero-order chi connectivity index (χ0) is 17.3. The van der Waals surface area contributed by atoms with Crippen LogP contribution in [-0.2, 0) is 11.2 Å². The summed E-state index contributed by atoms with van der Waals surface area (Å²) in [5, 5.41) is 2.92. The van der Waals surface area contributed by atoms with Crippen molar-refractivity contribution in [3.8, 4) is 0 Å². The van der Waals surface area contributed by atoms with Gasteiger partial charge in [-0.1, -0.05) is 12.5 Å². The molecule has 3 rings (SSSR count). The van der Waals surface area contributed by atoms with E-state index < -0.39 is 0 Å². The van der Waals surface area contributed by atoms with Crippen LogP contribution >= 0.6 is 0 Å². The van der Waals surface area contributed by atoms with Crippen molar-refractivity contribution >= 4 is 11.6 Å². The van der Waals surface area contributed by atoms with Crippen LogP contribution in [0.5, 0.6) is 0 Å². The Hall–Kier alpha value is -2.27. The molecule has 1 fully saturated rings. The molecular weight excluding hydrogens is 312 g/mol. The highest BCUT2D eigenvalue weighted by atomic mass is 16.1. The van der Waals surface area contributed by atoms with E-state index in [4.69, 9.17) is 0 Å². The average molecular weight is 338 g/mol. The van der Waals surface area contributed by atoms with Crippen molar-refractivity contribution in [2.24, 2.45) is 0 Å². The smallest absolute Gasteiger partial charge is 0.225 e. The molecule has 25 heavy (non-hydrogen) atoms. The highest BCUT2D eigenvalue weighted by Gasteiger charge is 2.22. The zero-order valence-electron chi connectivity index (χ0n) is 14.6. The van der Waals surface area contributed by atoms with Crippen LogP contribution in [0.4, 0.5) is 5.69 Å². The van der Waals surface area contributed by atoms with Crippen molar-refractivity contribution in [1.29, 1.82) is 0 Å². The van der Waals surface area contributed by atoms with Crippen molar-refractivity contribution < 1.29 is 4.79 Å². The van der Waals surface area contributed by atoms with Gasteiger partial charge in [-0.05, 0) is 56.5 Å². The molecule has 1 aliphatic rings. The first-order valence-electron chi connectivity index (χ1n) is 9.15. The number of rotatable bonds is 7. The van der Waals surface area contributed by atoms with Crippen LogP contribution in [0.2, 0.25) is 0 Å². The summed E-state index contributed by atoms with van der Waals surface area (Å²) in [6, 6.07) is 10.3. The van der Waals surface area contributed by atoms with E-state index in [-0.39, 0.29) is 5.91 Å². The molecular formula is C20H26N4O. The maximum absolute atomic E-state index is 12.2. The third kappa shape index (κ3) is 5.64. The molecule has 0 unspecified atom stereocenters. The zero-order valence-corrected chi connectivity index (χ0v) is 14.6. The number of piperidine rings is 1. The number of carbonyl (C=O) groups is 1. The van der Waals surface area contributed by atoms with Crippen molar-refractivity contribution in [2.75, 3.05) is 18.4 Å². The van der Waals surface area contributed by atoms with Gasteiger partial charge in [-0.25, -0.2) is 0 Å². The number of nitrogens with zero attached hydrogens (tertiary/aromatic N) is 3. The lowest BCUT2D eigenvalue weighted by atomic mass is 9.97. The second kappa shape index (κ2) is 9.28. The molecule has 0 spiro atoms. The maximum Gasteiger partial charge on any atom is 0.225 e. The van der Waals surface area contributed by atoms with Crippen LogP contribution < -0.4 is 5.32 Å². The van der Waals surface area contributed by atoms with E-state index >= 15 is 0 Å². The van der Waals surface area contributed by atoms with Crippen LogP contribution in [0.3, 0.4) is 0 Å². The standard InChI is InChI=1S/C20H26N4O/c25-20(23-18-7-5-12-21-16-18)11-15-24-14-4-2-8-19(24)10-9-17-6-1-3-13-22-17/h1,3,5-7,12-13,16,19H,2,4,8-11,14-15H2,(H,23,25)/t19-/m1/s1. The number of nitrogens with one attached hydrogen (secondary N) is 1. The van der Waals surface area contributed by atoms with Crippen LogP contribution in [0, 0.1) is 0 Å². The topological polar surface area (TPSA) is 58.1 Å². The van der Waals surface area contributed by atoms with Crippen molar-refractivity contribution in [3.63, 3.8) is 0 Å². The molecule has 5 nitrogen and oxygen atoms in total. The summed E-state index contributed by atoms with van der Waals surface area (Å²) in [4.78, 5) is 23.1. The Kier molecular flexibility index (Phi) is 6.51. The molecule has 0 radical (unpaired) electrons. The summed E-state index contributed by atoms with van der Waals surface area (Å²) in [5.41, 5.74) is 1.92. The number of carbonyl (C=O) groups excluding carboxylic acids is 1. The van der Waals surface area contributed by atoms with E-state index in [2.05, 4.69) is 26.3 Å². The Morgan fingerprint density at radius 3 is 2.96 bits per heavy atom. The highest BCUT2D eigenvalue weighted by molar-refractivity contribution is 5.90. The molecule has 0 bridgehead atoms. The first-order valence-corrected chi connectivity index (χ1v) is 9.15. The fraction of sp³-hybridized carbons (Fsp3) is 0.450. The molecule has 132 valence electrons. The Labute approximate surface area is 149 Å². The fourth-order valence-electron chi connectivity index (χ4n) is 3.45. The number of amides is 1. The fourth-order valence-corrected chi connectivity index (χ4v) is 3.45. The summed E-state index contributed by atoms with van der Waals surface area (Å²) >= 11 is 0. The summed E-state index contributed by atoms with van der Waals surface area (Å²) in [6.45, 7) is 1.91. The molecule has 1 N–H and O–H groups in total. The van der Waals surface area contributed by atoms with Gasteiger partial charge in [0, 0.05) is 37.1 Å². The molecule has 5 heteroatoms. The van der Waals surface area contributed by atoms with E-state index in [9.17, 15) is 4.79 Å². The van der Waals surface area contributed by atoms with E-state index in [1.54, 1.807) is 12.4 Å². The minimum Gasteiger partial charge on any atom is -0.325 e. The van der Waals surface area contributed by atoms with Gasteiger partial charge in [0.2, 0.25) is 5.91 Å². The first kappa shape index (κ1) is 17.5. The number of likely N-dealkylation sites (tertiary alicyclic amines) is 1. The van der Waals surface area contributed by atoms with Crippen molar-refractivity contribution in [3.05, 3.63) is 54.6 Å². The molecule has 2 aromatic heterocycles. The Morgan fingerprint density at radius 2 is 2.16 bits per heavy atom. The summed E-state index contributed by atoms with van der Waals surface area (Å²) in [6.07, 6.45) is 11.6. The number of pyridine rings is 2. The maximum atomic E-state index is 12.2. The predicted molar refractivity (Wildman–Crippen MR) is 99.3 cm³/mol. The lowest BCUT2D eigenvalue weighted by Crippen LogP contribution is -2.41. The number of aromatic nitrogens is 2. The van der Waals surface area contributed by atoms with Crippen LogP contribution in [0.1, 0.15) is 37.8 Å². The van der Waals surface area contributed by atoms with E-state index in [1.807, 2.05) is 30.5 Å². The largest absolute Gasteiger partial charge is 0.325 e. The van der Waals surface area contributed by atoms with Gasteiger partial charge in [-0.15, -0.1) is 0 Å². The Balaban J connectivity index is 1.46. The molecule has 1 amide bonds. The molecule has 1 atom stereocenters. The van der Waals surface area contributed by atoms with Gasteiger partial charge in [0.25, 0.3) is 0 Å². The normalized spacial score (nSPS) is 18.0. The van der Waals surface area contributed by atoms with Crippen molar-refractivity contribution in [1.82, 2.24) is 14.9 Å². The molecule has 0 aliphatic carbocycles. The number of aryl methyl sites for hydroxylation is 1. The van der Waals surface area contributed by atoms with E-state index in [0.717, 1.165) is 37.3 Å². The van der Waals surface area contributed by atoms with Crippen molar-refractivity contribution in [2.45, 2.75) is 44.6 Å². The lowest BCUT2D eigenvalue weighted by Gasteiger charge is -2.35. The summed E-state index contributed by atoms with van der Waals surface area (Å²) in [7, 11) is 0. The molecule has 0 saturated carbocycles. The van der Waals surface area contributed by atoms with E-state index in [0.29, 0.717) is 12.5 Å². The monoisotopic (exact) mass is 338 g/mol. The van der Waals surface area contributed by atoms with E-state index in [1.165, 1.54) is 19.3 Å². The lowest BCUT2D eigenvalue weighted by molar-refractivity contribution is -0.116. The van der Waals surface area contributed by atoms with Gasteiger partial charge >= 0.3 is 0 Å². The van der Waals surface area contributed by atoms with Gasteiger partial charge in [0.05, 0.1) is 11.9 Å². The first-order chi connectivity index (χ1) is 12.3. The summed E-state index contributed by atoms with van der Waals surface area (Å²) < 4.78 is 0. The second-order valence-corrected chi connectivity index (χ2v) is 6.59. The highest BCUT2D eigenvalue weighted by Crippen LogP contribution is 2.21. The minimum atomic E-state index is 0.0575. The van der Waals surface area contributed by atoms with Gasteiger partial charge in [-0.3, -0.25) is 19.7 Å². The number of hydrogen-bond donors (Lipinski definition) is 1. The molecule has 1 saturated heterocycles. The second-order valence-electron chi connectivity index (χ2n) is 6.59. The molecule has 3 heterocycles. The third-order valence-corrected chi connectivity index (χ3v) is 4.78. The number of anilines is 1. The van der Waals surface area contributed by atoms with Crippen LogP contribution in [0.25, 0.3) is 0 Å². The minimum absolute atomic E-state index is 0.0575.